The molecule has 34 heavy (non-hydrogen) atoms. The lowest BCUT2D eigenvalue weighted by Crippen LogP contribution is -2.21. The zero-order chi connectivity index (χ0) is 24.8. The molecular formula is C28H44O5P+. The highest BCUT2D eigenvalue weighted by atomic mass is 31.2. The van der Waals surface area contributed by atoms with E-state index in [0.717, 1.165) is 30.4 Å². The highest BCUT2D eigenvalue weighted by Crippen LogP contribution is 2.54. The van der Waals surface area contributed by atoms with Crippen LogP contribution in [-0.2, 0) is 4.52 Å². The second kappa shape index (κ2) is 15.4. The van der Waals surface area contributed by atoms with Crippen molar-refractivity contribution < 1.29 is 24.5 Å². The molecule has 0 saturated heterocycles. The Bertz CT molecular complexity index is 746. The summed E-state index contributed by atoms with van der Waals surface area (Å²) < 4.78 is 5.86. The zero-order valence-corrected chi connectivity index (χ0v) is 21.8. The van der Waals surface area contributed by atoms with Gasteiger partial charge in [-0.25, -0.2) is 0 Å². The molecule has 0 heterocycles. The van der Waals surface area contributed by atoms with Gasteiger partial charge < -0.3 is 10.2 Å². The summed E-state index contributed by atoms with van der Waals surface area (Å²) in [6.45, 7) is 4.08. The van der Waals surface area contributed by atoms with Gasteiger partial charge >= 0.3 is 7.94 Å². The standard InChI is InChI=1S/C28H43O5P/c1-3-4-5-6-7-8-9-10-11-12-13-22-34(31,32)33-23(2)28(24-14-18-26(29)19-15-24)25-16-20-27(30)21-17-25/h14-21,23,28,31-32H,3-13,22H2,1-2H3,(H-,29,30)/p+1. The number of hydrogen-bond donors (Lipinski definition) is 4. The van der Waals surface area contributed by atoms with Crippen LogP contribution in [0.25, 0.3) is 0 Å². The number of aromatic hydroxyl groups is 2. The average Bonchev–Trinajstić information content (AvgIpc) is 2.80. The molecule has 190 valence electrons. The Balaban J connectivity index is 1.81. The van der Waals surface area contributed by atoms with Gasteiger partial charge in [-0.15, -0.1) is 0 Å². The van der Waals surface area contributed by atoms with E-state index < -0.39 is 14.0 Å². The van der Waals surface area contributed by atoms with Crippen LogP contribution in [0.4, 0.5) is 0 Å². The van der Waals surface area contributed by atoms with Crippen LogP contribution in [0.5, 0.6) is 11.5 Å². The fraction of sp³-hybridized carbons (Fsp3) is 0.571. The summed E-state index contributed by atoms with van der Waals surface area (Å²) in [7, 11) is -3.49. The molecule has 2 rings (SSSR count). The molecule has 0 aliphatic carbocycles. The van der Waals surface area contributed by atoms with Crippen LogP contribution in [0.1, 0.15) is 102 Å². The summed E-state index contributed by atoms with van der Waals surface area (Å²) in [5.74, 6) is 0.0751. The summed E-state index contributed by atoms with van der Waals surface area (Å²) in [4.78, 5) is 21.2. The Hall–Kier alpha value is -1.65. The number of phenolic OH excluding ortho intramolecular Hbond substituents is 2. The van der Waals surface area contributed by atoms with Crippen molar-refractivity contribution in [3.63, 3.8) is 0 Å². The molecule has 0 bridgehead atoms. The number of hydrogen-bond acceptors (Lipinski definition) is 5. The largest absolute Gasteiger partial charge is 0.508 e. The van der Waals surface area contributed by atoms with E-state index in [0.29, 0.717) is 0 Å². The number of unbranched alkanes of at least 4 members (excludes halogenated alkanes) is 10. The van der Waals surface area contributed by atoms with Gasteiger partial charge in [-0.1, -0.05) is 89.0 Å². The molecule has 0 aliphatic heterocycles. The average molecular weight is 492 g/mol. The maximum Gasteiger partial charge on any atom is 0.406 e. The van der Waals surface area contributed by atoms with Crippen molar-refractivity contribution in [1.82, 2.24) is 0 Å². The van der Waals surface area contributed by atoms with Gasteiger partial charge in [-0.05, 0) is 55.2 Å². The normalized spacial score (nSPS) is 12.9. The van der Waals surface area contributed by atoms with Crippen molar-refractivity contribution in [1.29, 1.82) is 0 Å². The molecule has 0 fully saturated rings. The summed E-state index contributed by atoms with van der Waals surface area (Å²) in [6, 6.07) is 13.7. The molecule has 1 unspecified atom stereocenters. The van der Waals surface area contributed by atoms with E-state index in [1.807, 2.05) is 31.2 Å². The van der Waals surface area contributed by atoms with E-state index in [4.69, 9.17) is 4.52 Å². The minimum absolute atomic E-state index is 0.171. The van der Waals surface area contributed by atoms with Crippen molar-refractivity contribution in [2.45, 2.75) is 96.5 Å². The quantitative estimate of drug-likeness (QED) is 0.134. The van der Waals surface area contributed by atoms with E-state index in [2.05, 4.69) is 6.92 Å². The van der Waals surface area contributed by atoms with Gasteiger partial charge in [0.15, 0.2) is 0 Å². The minimum atomic E-state index is -3.49. The number of rotatable bonds is 17. The molecular weight excluding hydrogens is 447 g/mol. The third-order valence-corrected chi connectivity index (χ3v) is 7.93. The lowest BCUT2D eigenvalue weighted by atomic mass is 9.87. The number of phenols is 2. The predicted molar refractivity (Wildman–Crippen MR) is 141 cm³/mol. The fourth-order valence-electron chi connectivity index (χ4n) is 4.46. The molecule has 0 aromatic heterocycles. The van der Waals surface area contributed by atoms with Crippen molar-refractivity contribution >= 4 is 7.94 Å². The minimum Gasteiger partial charge on any atom is -0.508 e. The van der Waals surface area contributed by atoms with Gasteiger partial charge in [0, 0.05) is 5.92 Å². The smallest absolute Gasteiger partial charge is 0.406 e. The third kappa shape index (κ3) is 10.7. The highest BCUT2D eigenvalue weighted by molar-refractivity contribution is 7.59. The fourth-order valence-corrected chi connectivity index (χ4v) is 5.85. The highest BCUT2D eigenvalue weighted by Gasteiger charge is 2.40. The van der Waals surface area contributed by atoms with Gasteiger partial charge in [0.25, 0.3) is 0 Å². The van der Waals surface area contributed by atoms with Crippen LogP contribution in [0, 0.1) is 0 Å². The Kier molecular flexibility index (Phi) is 12.9. The van der Waals surface area contributed by atoms with Crippen LogP contribution in [0.15, 0.2) is 48.5 Å². The maximum atomic E-state index is 10.6. The summed E-state index contributed by atoms with van der Waals surface area (Å²) in [5, 5.41) is 19.3. The molecule has 5 nitrogen and oxygen atoms in total. The van der Waals surface area contributed by atoms with E-state index in [9.17, 15) is 20.0 Å². The zero-order valence-electron chi connectivity index (χ0n) is 20.9. The molecule has 0 radical (unpaired) electrons. The van der Waals surface area contributed by atoms with E-state index in [1.54, 1.807) is 24.3 Å². The molecule has 0 spiro atoms. The molecule has 0 aliphatic rings. The molecule has 2 aromatic rings. The first kappa shape index (κ1) is 28.6. The topological polar surface area (TPSA) is 90.2 Å². The van der Waals surface area contributed by atoms with Gasteiger partial charge in [-0.2, -0.15) is 14.3 Å². The monoisotopic (exact) mass is 491 g/mol. The maximum absolute atomic E-state index is 10.6. The Morgan fingerprint density at radius 2 is 1.03 bits per heavy atom. The predicted octanol–water partition coefficient (Wildman–Crippen LogP) is 7.69. The van der Waals surface area contributed by atoms with E-state index >= 15 is 0 Å². The van der Waals surface area contributed by atoms with Crippen LogP contribution in [0.2, 0.25) is 0 Å². The van der Waals surface area contributed by atoms with Crippen molar-refractivity contribution in [3.05, 3.63) is 59.7 Å². The Labute approximate surface area is 206 Å². The van der Waals surface area contributed by atoms with E-state index in [-0.39, 0.29) is 23.6 Å². The van der Waals surface area contributed by atoms with Crippen LogP contribution in [0.3, 0.4) is 0 Å². The van der Waals surface area contributed by atoms with E-state index in [1.165, 1.54) is 51.4 Å². The van der Waals surface area contributed by atoms with Crippen LogP contribution < -0.4 is 0 Å². The van der Waals surface area contributed by atoms with Crippen LogP contribution >= 0.6 is 7.94 Å². The van der Waals surface area contributed by atoms with Crippen LogP contribution in [-0.4, -0.2) is 32.3 Å². The molecule has 4 N–H and O–H groups in total. The first-order chi connectivity index (χ1) is 16.3. The molecule has 0 amide bonds. The second-order valence-corrected chi connectivity index (χ2v) is 11.4. The van der Waals surface area contributed by atoms with Crippen molar-refractivity contribution in [2.75, 3.05) is 6.16 Å². The van der Waals surface area contributed by atoms with Crippen molar-refractivity contribution in [3.8, 4) is 11.5 Å². The molecule has 2 aromatic carbocycles. The summed E-state index contributed by atoms with van der Waals surface area (Å²) in [5.41, 5.74) is 1.79. The SMILES string of the molecule is CCCCCCCCCCCCC[P+](O)(O)OC(C)C(c1ccc(O)cc1)c1ccc(O)cc1. The van der Waals surface area contributed by atoms with Crippen molar-refractivity contribution in [2.24, 2.45) is 0 Å². The first-order valence-corrected chi connectivity index (χ1v) is 14.7. The van der Waals surface area contributed by atoms with Gasteiger partial charge in [0.05, 0.1) is 0 Å². The Morgan fingerprint density at radius 3 is 1.44 bits per heavy atom. The lowest BCUT2D eigenvalue weighted by Gasteiger charge is -2.25. The van der Waals surface area contributed by atoms with Gasteiger partial charge in [0.1, 0.15) is 23.8 Å². The van der Waals surface area contributed by atoms with Gasteiger partial charge in [0.2, 0.25) is 0 Å². The lowest BCUT2D eigenvalue weighted by molar-refractivity contribution is 0.152. The summed E-state index contributed by atoms with van der Waals surface area (Å²) in [6.07, 6.45) is 13.1. The first-order valence-electron chi connectivity index (χ1n) is 12.9. The third-order valence-electron chi connectivity index (χ3n) is 6.36. The summed E-state index contributed by atoms with van der Waals surface area (Å²) >= 11 is 0. The molecule has 6 heteroatoms. The van der Waals surface area contributed by atoms with Gasteiger partial charge in [-0.3, -0.25) is 0 Å². The molecule has 0 saturated carbocycles. The number of benzene rings is 2. The Morgan fingerprint density at radius 1 is 0.647 bits per heavy atom. The second-order valence-electron chi connectivity index (χ2n) is 9.40. The molecule has 1 atom stereocenters.